The third-order valence-electron chi connectivity index (χ3n) is 3.48. The van der Waals surface area contributed by atoms with Gasteiger partial charge in [-0.05, 0) is 36.4 Å². The van der Waals surface area contributed by atoms with Gasteiger partial charge in [-0.15, -0.1) is 10.2 Å². The Labute approximate surface area is 149 Å². The Balaban J connectivity index is 1.56. The summed E-state index contributed by atoms with van der Waals surface area (Å²) in [7, 11) is 1.58. The molecule has 0 spiro atoms. The Morgan fingerprint density at radius 2 is 2.00 bits per heavy atom. The highest BCUT2D eigenvalue weighted by Gasteiger charge is 2.11. The quantitative estimate of drug-likeness (QED) is 0.722. The second-order valence-electron chi connectivity index (χ2n) is 5.29. The lowest BCUT2D eigenvalue weighted by atomic mass is 10.2. The molecule has 6 nitrogen and oxygen atoms in total. The summed E-state index contributed by atoms with van der Waals surface area (Å²) >= 11 is 5.86. The SMILES string of the molecule is COc1cccc(NC(=O)CCc2nnc(-c3ccc(Cl)cc3)o2)c1. The summed E-state index contributed by atoms with van der Waals surface area (Å²) in [5.74, 6) is 1.35. The Kier molecular flexibility index (Phi) is 5.30. The molecule has 0 aliphatic rings. The van der Waals surface area contributed by atoms with Gasteiger partial charge in [0.15, 0.2) is 0 Å². The number of benzene rings is 2. The third kappa shape index (κ3) is 4.58. The van der Waals surface area contributed by atoms with Crippen molar-refractivity contribution in [3.63, 3.8) is 0 Å². The van der Waals surface area contributed by atoms with Gasteiger partial charge in [-0.3, -0.25) is 4.79 Å². The number of nitrogens with one attached hydrogen (secondary N) is 1. The van der Waals surface area contributed by atoms with E-state index >= 15 is 0 Å². The number of rotatable bonds is 6. The van der Waals surface area contributed by atoms with E-state index in [0.29, 0.717) is 34.7 Å². The summed E-state index contributed by atoms with van der Waals surface area (Å²) in [5, 5.41) is 11.4. The van der Waals surface area contributed by atoms with Crippen LogP contribution >= 0.6 is 11.6 Å². The van der Waals surface area contributed by atoms with Crippen LogP contribution in [-0.2, 0) is 11.2 Å². The van der Waals surface area contributed by atoms with Crippen LogP contribution < -0.4 is 10.1 Å². The Bertz CT molecular complexity index is 862. The number of anilines is 1. The molecule has 7 heteroatoms. The Morgan fingerprint density at radius 3 is 2.76 bits per heavy atom. The summed E-state index contributed by atoms with van der Waals surface area (Å²) in [6, 6.07) is 14.3. The second-order valence-corrected chi connectivity index (χ2v) is 5.72. The van der Waals surface area contributed by atoms with E-state index in [2.05, 4.69) is 15.5 Å². The summed E-state index contributed by atoms with van der Waals surface area (Å²) in [4.78, 5) is 12.0. The van der Waals surface area contributed by atoms with E-state index in [0.717, 1.165) is 5.56 Å². The van der Waals surface area contributed by atoms with Crippen LogP contribution in [0.15, 0.2) is 52.9 Å². The van der Waals surface area contributed by atoms with Crippen molar-refractivity contribution in [1.29, 1.82) is 0 Å². The fourth-order valence-corrected chi connectivity index (χ4v) is 2.33. The van der Waals surface area contributed by atoms with Gasteiger partial charge in [0, 0.05) is 35.2 Å². The number of amides is 1. The average Bonchev–Trinajstić information content (AvgIpc) is 3.10. The van der Waals surface area contributed by atoms with Crippen LogP contribution in [0.2, 0.25) is 5.02 Å². The molecule has 0 atom stereocenters. The monoisotopic (exact) mass is 357 g/mol. The Hall–Kier alpha value is -2.86. The Morgan fingerprint density at radius 1 is 1.20 bits per heavy atom. The molecule has 3 rings (SSSR count). The molecule has 128 valence electrons. The van der Waals surface area contributed by atoms with Gasteiger partial charge in [-0.25, -0.2) is 0 Å². The highest BCUT2D eigenvalue weighted by molar-refractivity contribution is 6.30. The van der Waals surface area contributed by atoms with Gasteiger partial charge < -0.3 is 14.5 Å². The number of halogens is 1. The van der Waals surface area contributed by atoms with Gasteiger partial charge in [-0.2, -0.15) is 0 Å². The topological polar surface area (TPSA) is 77.2 Å². The third-order valence-corrected chi connectivity index (χ3v) is 3.73. The number of nitrogens with zero attached hydrogens (tertiary/aromatic N) is 2. The molecule has 0 aliphatic carbocycles. The normalized spacial score (nSPS) is 10.5. The van der Waals surface area contributed by atoms with Gasteiger partial charge in [0.05, 0.1) is 7.11 Å². The van der Waals surface area contributed by atoms with Crippen molar-refractivity contribution in [3.8, 4) is 17.2 Å². The fourth-order valence-electron chi connectivity index (χ4n) is 2.21. The fraction of sp³-hybridized carbons (Fsp3) is 0.167. The molecule has 25 heavy (non-hydrogen) atoms. The largest absolute Gasteiger partial charge is 0.497 e. The lowest BCUT2D eigenvalue weighted by Gasteiger charge is -2.06. The number of aromatic nitrogens is 2. The van der Waals surface area contributed by atoms with Gasteiger partial charge in [0.2, 0.25) is 17.7 Å². The van der Waals surface area contributed by atoms with Crippen molar-refractivity contribution in [2.24, 2.45) is 0 Å². The molecule has 0 bridgehead atoms. The predicted molar refractivity (Wildman–Crippen MR) is 94.7 cm³/mol. The van der Waals surface area contributed by atoms with Gasteiger partial charge in [0.1, 0.15) is 5.75 Å². The lowest BCUT2D eigenvalue weighted by Crippen LogP contribution is -2.12. The molecule has 1 aromatic heterocycles. The van der Waals surface area contributed by atoms with Crippen molar-refractivity contribution in [2.45, 2.75) is 12.8 Å². The van der Waals surface area contributed by atoms with Crippen molar-refractivity contribution in [1.82, 2.24) is 10.2 Å². The molecule has 0 radical (unpaired) electrons. The van der Waals surface area contributed by atoms with E-state index in [1.54, 1.807) is 43.5 Å². The van der Waals surface area contributed by atoms with Crippen LogP contribution in [0, 0.1) is 0 Å². The molecule has 1 heterocycles. The minimum Gasteiger partial charge on any atom is -0.497 e. The summed E-state index contributed by atoms with van der Waals surface area (Å²) in [6.45, 7) is 0. The molecule has 0 aliphatic heterocycles. The molecule has 0 saturated carbocycles. The van der Waals surface area contributed by atoms with Crippen molar-refractivity contribution >= 4 is 23.2 Å². The molecule has 2 aromatic carbocycles. The van der Waals surface area contributed by atoms with Gasteiger partial charge >= 0.3 is 0 Å². The van der Waals surface area contributed by atoms with E-state index in [9.17, 15) is 4.79 Å². The predicted octanol–water partition coefficient (Wildman–Crippen LogP) is 3.97. The van der Waals surface area contributed by atoms with Crippen LogP contribution in [0.25, 0.3) is 11.5 Å². The van der Waals surface area contributed by atoms with E-state index in [4.69, 9.17) is 20.8 Å². The molecule has 0 unspecified atom stereocenters. The zero-order valence-electron chi connectivity index (χ0n) is 13.5. The lowest BCUT2D eigenvalue weighted by molar-refractivity contribution is -0.116. The van der Waals surface area contributed by atoms with E-state index in [1.165, 1.54) is 0 Å². The second kappa shape index (κ2) is 7.81. The van der Waals surface area contributed by atoms with E-state index in [-0.39, 0.29) is 12.3 Å². The first-order valence-electron chi connectivity index (χ1n) is 7.66. The first-order valence-corrected chi connectivity index (χ1v) is 8.04. The van der Waals surface area contributed by atoms with Crippen LogP contribution in [0.4, 0.5) is 5.69 Å². The first-order chi connectivity index (χ1) is 12.1. The number of carbonyl (C=O) groups excluding carboxylic acids is 1. The maximum absolute atomic E-state index is 12.0. The molecule has 3 aromatic rings. The maximum atomic E-state index is 12.0. The molecule has 0 saturated heterocycles. The average molecular weight is 358 g/mol. The number of hydrogen-bond donors (Lipinski definition) is 1. The van der Waals surface area contributed by atoms with Crippen molar-refractivity contribution in [2.75, 3.05) is 12.4 Å². The standard InChI is InChI=1S/C18H16ClN3O3/c1-24-15-4-2-3-14(11-15)20-16(23)9-10-17-21-22-18(25-17)12-5-7-13(19)8-6-12/h2-8,11H,9-10H2,1H3,(H,20,23). The summed E-state index contributed by atoms with van der Waals surface area (Å²) < 4.78 is 10.7. The summed E-state index contributed by atoms with van der Waals surface area (Å²) in [5.41, 5.74) is 1.46. The summed E-state index contributed by atoms with van der Waals surface area (Å²) in [6.07, 6.45) is 0.593. The van der Waals surface area contributed by atoms with Crippen LogP contribution in [0.5, 0.6) is 5.75 Å². The van der Waals surface area contributed by atoms with E-state index in [1.807, 2.05) is 12.1 Å². The van der Waals surface area contributed by atoms with Crippen molar-refractivity contribution in [3.05, 3.63) is 59.4 Å². The van der Waals surface area contributed by atoms with Crippen LogP contribution in [0.1, 0.15) is 12.3 Å². The van der Waals surface area contributed by atoms with Gasteiger partial charge in [0.25, 0.3) is 0 Å². The first kappa shape index (κ1) is 17.0. The minimum absolute atomic E-state index is 0.139. The van der Waals surface area contributed by atoms with Crippen molar-refractivity contribution < 1.29 is 13.9 Å². The van der Waals surface area contributed by atoms with Crippen LogP contribution in [-0.4, -0.2) is 23.2 Å². The molecular formula is C18H16ClN3O3. The molecular weight excluding hydrogens is 342 g/mol. The minimum atomic E-state index is -0.139. The maximum Gasteiger partial charge on any atom is 0.247 e. The number of ether oxygens (including phenoxy) is 1. The smallest absolute Gasteiger partial charge is 0.247 e. The highest BCUT2D eigenvalue weighted by Crippen LogP contribution is 2.21. The highest BCUT2D eigenvalue weighted by atomic mass is 35.5. The molecule has 1 amide bonds. The van der Waals surface area contributed by atoms with E-state index < -0.39 is 0 Å². The zero-order valence-corrected chi connectivity index (χ0v) is 14.3. The number of carbonyl (C=O) groups is 1. The number of methoxy groups -OCH3 is 1. The molecule has 1 N–H and O–H groups in total. The van der Waals surface area contributed by atoms with Gasteiger partial charge in [-0.1, -0.05) is 17.7 Å². The zero-order chi connectivity index (χ0) is 17.6. The number of aryl methyl sites for hydroxylation is 1. The van der Waals surface area contributed by atoms with Crippen LogP contribution in [0.3, 0.4) is 0 Å². The number of hydrogen-bond acceptors (Lipinski definition) is 5. The molecule has 0 fully saturated rings.